The molecule has 7 heteroatoms. The number of ether oxygens (including phenoxy) is 2. The third-order valence-electron chi connectivity index (χ3n) is 5.20. The average molecular weight is 376 g/mol. The van der Waals surface area contributed by atoms with E-state index in [0.29, 0.717) is 30.1 Å². The van der Waals surface area contributed by atoms with Crippen LogP contribution >= 0.6 is 0 Å². The van der Waals surface area contributed by atoms with Crippen LogP contribution in [0.3, 0.4) is 0 Å². The minimum Gasteiger partial charge on any atom is -0.488 e. The van der Waals surface area contributed by atoms with E-state index >= 15 is 0 Å². The number of aromatic nitrogens is 4. The summed E-state index contributed by atoms with van der Waals surface area (Å²) in [4.78, 5) is 24.4. The number of pyridine rings is 2. The molecule has 0 spiro atoms. The van der Waals surface area contributed by atoms with Crippen LogP contribution in [-0.2, 0) is 4.74 Å². The lowest BCUT2D eigenvalue weighted by atomic mass is 10.1. The van der Waals surface area contributed by atoms with Crippen LogP contribution in [0.1, 0.15) is 18.4 Å². The molecular weight excluding hydrogens is 356 g/mol. The van der Waals surface area contributed by atoms with Crippen LogP contribution in [0.4, 0.5) is 0 Å². The Morgan fingerprint density at radius 2 is 1.96 bits per heavy atom. The van der Waals surface area contributed by atoms with Gasteiger partial charge in [0.05, 0.1) is 24.4 Å². The molecule has 0 amide bonds. The number of H-pyrrole nitrogens is 1. The van der Waals surface area contributed by atoms with Gasteiger partial charge in [-0.3, -0.25) is 14.5 Å². The summed E-state index contributed by atoms with van der Waals surface area (Å²) >= 11 is 0. The highest BCUT2D eigenvalue weighted by atomic mass is 16.5. The minimum absolute atomic E-state index is 0.0702. The molecule has 0 saturated carbocycles. The van der Waals surface area contributed by atoms with Gasteiger partial charge in [-0.15, -0.1) is 0 Å². The quantitative estimate of drug-likeness (QED) is 0.594. The zero-order valence-corrected chi connectivity index (χ0v) is 15.5. The van der Waals surface area contributed by atoms with E-state index in [2.05, 4.69) is 15.0 Å². The molecule has 0 aliphatic carbocycles. The van der Waals surface area contributed by atoms with Crippen LogP contribution in [0, 0.1) is 6.92 Å². The first kappa shape index (κ1) is 16.9. The van der Waals surface area contributed by atoms with E-state index in [1.807, 2.05) is 37.3 Å². The van der Waals surface area contributed by atoms with Crippen molar-refractivity contribution in [1.29, 1.82) is 0 Å². The van der Waals surface area contributed by atoms with E-state index in [0.717, 1.165) is 35.0 Å². The predicted molar refractivity (Wildman–Crippen MR) is 106 cm³/mol. The SMILES string of the molecule is Cc1ccnc2ccc(-n3c(=O)[nH]c4nccc(OC5CCOCC5)c43)cc12. The third kappa shape index (κ3) is 2.84. The molecule has 1 aliphatic rings. The maximum atomic E-state index is 12.8. The van der Waals surface area contributed by atoms with Gasteiger partial charge in [-0.2, -0.15) is 0 Å². The minimum atomic E-state index is -0.244. The van der Waals surface area contributed by atoms with Gasteiger partial charge >= 0.3 is 5.69 Å². The molecule has 7 nitrogen and oxygen atoms in total. The third-order valence-corrected chi connectivity index (χ3v) is 5.20. The molecule has 1 aliphatic heterocycles. The first-order valence-corrected chi connectivity index (χ1v) is 9.40. The number of hydrogen-bond acceptors (Lipinski definition) is 5. The fourth-order valence-electron chi connectivity index (χ4n) is 3.73. The molecule has 142 valence electrons. The molecule has 0 bridgehead atoms. The Morgan fingerprint density at radius 3 is 2.82 bits per heavy atom. The summed E-state index contributed by atoms with van der Waals surface area (Å²) in [6.07, 6.45) is 5.18. The van der Waals surface area contributed by atoms with E-state index < -0.39 is 0 Å². The number of imidazole rings is 1. The molecule has 4 aromatic rings. The van der Waals surface area contributed by atoms with Crippen LogP contribution in [-0.4, -0.2) is 38.8 Å². The topological polar surface area (TPSA) is 82.0 Å². The number of benzene rings is 1. The Balaban J connectivity index is 1.68. The fourth-order valence-corrected chi connectivity index (χ4v) is 3.73. The zero-order valence-electron chi connectivity index (χ0n) is 15.5. The molecule has 0 radical (unpaired) electrons. The molecule has 1 fully saturated rings. The van der Waals surface area contributed by atoms with Crippen LogP contribution in [0.5, 0.6) is 5.75 Å². The summed E-state index contributed by atoms with van der Waals surface area (Å²) in [6.45, 7) is 3.42. The van der Waals surface area contributed by atoms with Crippen molar-refractivity contribution in [3.05, 3.63) is 58.8 Å². The van der Waals surface area contributed by atoms with Crippen molar-refractivity contribution in [3.8, 4) is 11.4 Å². The molecular formula is C21H20N4O3. The smallest absolute Gasteiger partial charge is 0.332 e. The average Bonchev–Trinajstić information content (AvgIpc) is 3.06. The summed E-state index contributed by atoms with van der Waals surface area (Å²) in [5.41, 5.74) is 3.68. The van der Waals surface area contributed by atoms with Gasteiger partial charge in [-0.25, -0.2) is 9.78 Å². The summed E-state index contributed by atoms with van der Waals surface area (Å²) in [5, 5.41) is 1.01. The molecule has 3 aromatic heterocycles. The lowest BCUT2D eigenvalue weighted by molar-refractivity contribution is 0.0260. The largest absolute Gasteiger partial charge is 0.488 e. The second kappa shape index (κ2) is 6.76. The number of nitrogens with zero attached hydrogens (tertiary/aromatic N) is 3. The van der Waals surface area contributed by atoms with E-state index in [9.17, 15) is 4.79 Å². The Morgan fingerprint density at radius 1 is 1.14 bits per heavy atom. The number of nitrogens with one attached hydrogen (secondary N) is 1. The van der Waals surface area contributed by atoms with Gasteiger partial charge in [0.2, 0.25) is 0 Å². The second-order valence-corrected chi connectivity index (χ2v) is 7.03. The maximum Gasteiger partial charge on any atom is 0.332 e. The van der Waals surface area contributed by atoms with E-state index in [1.54, 1.807) is 17.0 Å². The first-order valence-electron chi connectivity index (χ1n) is 9.40. The van der Waals surface area contributed by atoms with Crippen LogP contribution in [0.2, 0.25) is 0 Å². The van der Waals surface area contributed by atoms with Crippen molar-refractivity contribution in [2.75, 3.05) is 13.2 Å². The standard InChI is InChI=1S/C21H20N4O3/c1-13-4-8-22-17-3-2-14(12-16(13)17)25-19-18(28-15-6-10-27-11-7-15)5-9-23-20(19)24-21(25)26/h2-5,8-9,12,15H,6-7,10-11H2,1H3,(H,23,24,26). The van der Waals surface area contributed by atoms with Gasteiger partial charge in [0.15, 0.2) is 5.65 Å². The highest BCUT2D eigenvalue weighted by molar-refractivity contribution is 5.86. The van der Waals surface area contributed by atoms with Gasteiger partial charge < -0.3 is 9.47 Å². The molecule has 1 N–H and O–H groups in total. The molecule has 1 saturated heterocycles. The van der Waals surface area contributed by atoms with Gasteiger partial charge in [-0.1, -0.05) is 0 Å². The van der Waals surface area contributed by atoms with Gasteiger partial charge in [0.25, 0.3) is 0 Å². The van der Waals surface area contributed by atoms with Crippen molar-refractivity contribution < 1.29 is 9.47 Å². The van der Waals surface area contributed by atoms with Crippen LogP contribution in [0.15, 0.2) is 47.5 Å². The molecule has 0 unspecified atom stereocenters. The van der Waals surface area contributed by atoms with Crippen molar-refractivity contribution in [2.45, 2.75) is 25.9 Å². The monoisotopic (exact) mass is 376 g/mol. The predicted octanol–water partition coefficient (Wildman–Crippen LogP) is 3.13. The Bertz CT molecular complexity index is 1220. The maximum absolute atomic E-state index is 12.8. The highest BCUT2D eigenvalue weighted by Gasteiger charge is 2.20. The first-order chi connectivity index (χ1) is 13.7. The summed E-state index contributed by atoms with van der Waals surface area (Å²) < 4.78 is 13.3. The summed E-state index contributed by atoms with van der Waals surface area (Å²) in [6, 6.07) is 9.59. The Kier molecular flexibility index (Phi) is 4.09. The molecule has 1 aromatic carbocycles. The van der Waals surface area contributed by atoms with Crippen LogP contribution in [0.25, 0.3) is 27.8 Å². The van der Waals surface area contributed by atoms with E-state index in [1.165, 1.54) is 0 Å². The summed E-state index contributed by atoms with van der Waals surface area (Å²) in [5.74, 6) is 0.651. The molecule has 0 atom stereocenters. The zero-order chi connectivity index (χ0) is 19.1. The van der Waals surface area contributed by atoms with E-state index in [4.69, 9.17) is 9.47 Å². The lowest BCUT2D eigenvalue weighted by Crippen LogP contribution is -2.26. The van der Waals surface area contributed by atoms with Gasteiger partial charge in [-0.05, 0) is 36.8 Å². The number of aromatic amines is 1. The molecule has 4 heterocycles. The lowest BCUT2D eigenvalue weighted by Gasteiger charge is -2.23. The second-order valence-electron chi connectivity index (χ2n) is 7.03. The number of fused-ring (bicyclic) bond motifs is 2. The van der Waals surface area contributed by atoms with Crippen molar-refractivity contribution in [1.82, 2.24) is 19.5 Å². The Labute approximate surface area is 161 Å². The van der Waals surface area contributed by atoms with Crippen molar-refractivity contribution in [2.24, 2.45) is 0 Å². The highest BCUT2D eigenvalue weighted by Crippen LogP contribution is 2.28. The number of aryl methyl sites for hydroxylation is 1. The fraction of sp³-hybridized carbons (Fsp3) is 0.286. The van der Waals surface area contributed by atoms with Gasteiger partial charge in [0, 0.05) is 36.7 Å². The Hall–Kier alpha value is -3.19. The van der Waals surface area contributed by atoms with Crippen molar-refractivity contribution >= 4 is 22.1 Å². The number of hydrogen-bond donors (Lipinski definition) is 1. The number of rotatable bonds is 3. The van der Waals surface area contributed by atoms with Gasteiger partial charge in [0.1, 0.15) is 17.4 Å². The van der Waals surface area contributed by atoms with E-state index in [-0.39, 0.29) is 11.8 Å². The van der Waals surface area contributed by atoms with Crippen molar-refractivity contribution in [3.63, 3.8) is 0 Å². The normalized spacial score (nSPS) is 15.3. The molecule has 5 rings (SSSR count). The molecule has 28 heavy (non-hydrogen) atoms. The summed E-state index contributed by atoms with van der Waals surface area (Å²) in [7, 11) is 0. The van der Waals surface area contributed by atoms with Crippen LogP contribution < -0.4 is 10.4 Å².